The van der Waals surface area contributed by atoms with Gasteiger partial charge in [-0.25, -0.2) is 0 Å². The summed E-state index contributed by atoms with van der Waals surface area (Å²) < 4.78 is 32.4. The molecule has 152 valence electrons. The molecule has 0 heterocycles. The predicted molar refractivity (Wildman–Crippen MR) is 98.3 cm³/mol. The van der Waals surface area contributed by atoms with Crippen LogP contribution in [0.5, 0.6) is 0 Å². The van der Waals surface area contributed by atoms with E-state index in [4.69, 9.17) is 28.4 Å². The largest absolute Gasteiger partial charge is 0.378 e. The summed E-state index contributed by atoms with van der Waals surface area (Å²) in [6.07, 6.45) is 0.250. The summed E-state index contributed by atoms with van der Waals surface area (Å²) in [6.45, 7) is 15.7. The van der Waals surface area contributed by atoms with Crippen molar-refractivity contribution in [2.75, 3.05) is 79.2 Å². The van der Waals surface area contributed by atoms with E-state index < -0.39 is 0 Å². The van der Waals surface area contributed by atoms with Gasteiger partial charge in [0.15, 0.2) is 0 Å². The van der Waals surface area contributed by atoms with E-state index in [0.717, 1.165) is 6.54 Å². The van der Waals surface area contributed by atoms with Crippen molar-refractivity contribution in [3.63, 3.8) is 0 Å². The van der Waals surface area contributed by atoms with Crippen molar-refractivity contribution in [3.8, 4) is 0 Å². The highest BCUT2D eigenvalue weighted by Gasteiger charge is 1.95. The van der Waals surface area contributed by atoms with Crippen LogP contribution in [0.4, 0.5) is 0 Å². The number of hydrogen-bond donors (Lipinski definition) is 1. The monoisotopic (exact) mass is 365 g/mol. The van der Waals surface area contributed by atoms with Gasteiger partial charge in [0.2, 0.25) is 0 Å². The number of nitrogens with one attached hydrogen (secondary N) is 1. The Labute approximate surface area is 153 Å². The minimum atomic E-state index is 0.250. The third-order valence-corrected chi connectivity index (χ3v) is 2.97. The Hall–Kier alpha value is -0.280. The molecule has 0 atom stereocenters. The molecule has 0 radical (unpaired) electrons. The number of ether oxygens (including phenoxy) is 6. The second-order valence-corrected chi connectivity index (χ2v) is 6.09. The quantitative estimate of drug-likeness (QED) is 0.328. The first kappa shape index (κ1) is 24.7. The molecular weight excluding hydrogens is 326 g/mol. The van der Waals surface area contributed by atoms with Gasteiger partial charge in [-0.3, -0.25) is 0 Å². The average Bonchev–Trinajstić information content (AvgIpc) is 2.56. The Bertz CT molecular complexity index is 230. The molecule has 7 heteroatoms. The van der Waals surface area contributed by atoms with Crippen LogP contribution in [0.1, 0.15) is 27.7 Å². The van der Waals surface area contributed by atoms with Gasteiger partial charge in [0.1, 0.15) is 0 Å². The summed E-state index contributed by atoms with van der Waals surface area (Å²) in [5, 5.41) is 3.29. The molecule has 0 bridgehead atoms. The number of rotatable bonds is 20. The van der Waals surface area contributed by atoms with Crippen molar-refractivity contribution in [1.82, 2.24) is 5.32 Å². The normalized spacial score (nSPS) is 11.8. The number of hydrogen-bond acceptors (Lipinski definition) is 7. The maximum absolute atomic E-state index is 5.43. The Balaban J connectivity index is 2.98. The summed E-state index contributed by atoms with van der Waals surface area (Å²) in [6, 6.07) is 0.498. The fraction of sp³-hybridized carbons (Fsp3) is 1.00. The standard InChI is InChI=1S/C18H39NO6/c1-17(2)19-5-6-20-7-8-21-9-10-22-11-12-23-13-14-24-15-16-25-18(3)4/h17-19H,5-16H2,1-4H3. The Kier molecular flexibility index (Phi) is 19.8. The van der Waals surface area contributed by atoms with E-state index >= 15 is 0 Å². The summed E-state index contributed by atoms with van der Waals surface area (Å²) in [5.41, 5.74) is 0. The minimum absolute atomic E-state index is 0.250. The lowest BCUT2D eigenvalue weighted by Gasteiger charge is -2.09. The molecule has 0 aliphatic carbocycles. The van der Waals surface area contributed by atoms with E-state index in [2.05, 4.69) is 19.2 Å². The molecule has 0 spiro atoms. The highest BCUT2D eigenvalue weighted by atomic mass is 16.6. The van der Waals surface area contributed by atoms with Gasteiger partial charge in [-0.15, -0.1) is 0 Å². The lowest BCUT2D eigenvalue weighted by atomic mass is 10.4. The van der Waals surface area contributed by atoms with Crippen molar-refractivity contribution >= 4 is 0 Å². The highest BCUT2D eigenvalue weighted by Crippen LogP contribution is 1.88. The van der Waals surface area contributed by atoms with Crippen LogP contribution in [0, 0.1) is 0 Å². The van der Waals surface area contributed by atoms with Crippen LogP contribution in [0.15, 0.2) is 0 Å². The van der Waals surface area contributed by atoms with Gasteiger partial charge in [0.05, 0.1) is 78.8 Å². The Morgan fingerprint density at radius 1 is 0.520 bits per heavy atom. The first-order valence-corrected chi connectivity index (χ1v) is 9.36. The molecule has 0 aliphatic heterocycles. The predicted octanol–water partition coefficient (Wildman–Crippen LogP) is 1.49. The van der Waals surface area contributed by atoms with Gasteiger partial charge < -0.3 is 33.7 Å². The Morgan fingerprint density at radius 2 is 0.880 bits per heavy atom. The third-order valence-electron chi connectivity index (χ3n) is 2.97. The molecule has 0 saturated heterocycles. The van der Waals surface area contributed by atoms with Crippen LogP contribution in [0.2, 0.25) is 0 Å². The van der Waals surface area contributed by atoms with Crippen LogP contribution in [-0.2, 0) is 28.4 Å². The molecule has 7 nitrogen and oxygen atoms in total. The van der Waals surface area contributed by atoms with Crippen LogP contribution in [0.3, 0.4) is 0 Å². The molecule has 0 aromatic heterocycles. The van der Waals surface area contributed by atoms with Crippen molar-refractivity contribution in [2.45, 2.75) is 39.8 Å². The summed E-state index contributed by atoms with van der Waals surface area (Å²) in [7, 11) is 0. The SMILES string of the molecule is CC(C)NCCOCCOCCOCCOCCOCCOC(C)C. The van der Waals surface area contributed by atoms with Gasteiger partial charge in [-0.05, 0) is 13.8 Å². The van der Waals surface area contributed by atoms with E-state index in [9.17, 15) is 0 Å². The van der Waals surface area contributed by atoms with E-state index in [1.54, 1.807) is 0 Å². The molecule has 0 aromatic carbocycles. The van der Waals surface area contributed by atoms with Crippen molar-refractivity contribution in [2.24, 2.45) is 0 Å². The summed E-state index contributed by atoms with van der Waals surface area (Å²) >= 11 is 0. The molecule has 0 fully saturated rings. The first-order valence-electron chi connectivity index (χ1n) is 9.36. The van der Waals surface area contributed by atoms with Crippen LogP contribution >= 0.6 is 0 Å². The molecule has 1 N–H and O–H groups in total. The smallest absolute Gasteiger partial charge is 0.0703 e. The van der Waals surface area contributed by atoms with E-state index in [1.807, 2.05) is 13.8 Å². The van der Waals surface area contributed by atoms with Crippen LogP contribution in [0.25, 0.3) is 0 Å². The molecule has 0 amide bonds. The van der Waals surface area contributed by atoms with Gasteiger partial charge in [0.25, 0.3) is 0 Å². The fourth-order valence-electron chi connectivity index (χ4n) is 1.74. The van der Waals surface area contributed by atoms with Gasteiger partial charge >= 0.3 is 0 Å². The molecule has 25 heavy (non-hydrogen) atoms. The van der Waals surface area contributed by atoms with E-state index in [1.165, 1.54) is 0 Å². The summed E-state index contributed by atoms with van der Waals surface area (Å²) in [5.74, 6) is 0. The lowest BCUT2D eigenvalue weighted by Crippen LogP contribution is -2.27. The lowest BCUT2D eigenvalue weighted by molar-refractivity contribution is -0.0211. The molecule has 0 saturated carbocycles. The van der Waals surface area contributed by atoms with Gasteiger partial charge in [0, 0.05) is 12.6 Å². The topological polar surface area (TPSA) is 67.4 Å². The molecule has 0 rings (SSSR count). The van der Waals surface area contributed by atoms with Crippen LogP contribution < -0.4 is 5.32 Å². The highest BCUT2D eigenvalue weighted by molar-refractivity contribution is 4.50. The van der Waals surface area contributed by atoms with E-state index in [0.29, 0.717) is 78.7 Å². The third kappa shape index (κ3) is 23.7. The molecule has 0 aromatic rings. The average molecular weight is 366 g/mol. The molecular formula is C18H39NO6. The summed E-state index contributed by atoms with van der Waals surface area (Å²) in [4.78, 5) is 0. The van der Waals surface area contributed by atoms with Crippen LogP contribution in [-0.4, -0.2) is 91.4 Å². The minimum Gasteiger partial charge on any atom is -0.378 e. The molecule has 0 unspecified atom stereocenters. The maximum Gasteiger partial charge on any atom is 0.0703 e. The zero-order chi connectivity index (χ0) is 18.6. The maximum atomic E-state index is 5.43. The molecule has 0 aliphatic rings. The second-order valence-electron chi connectivity index (χ2n) is 6.09. The van der Waals surface area contributed by atoms with Gasteiger partial charge in [-0.2, -0.15) is 0 Å². The van der Waals surface area contributed by atoms with Crippen molar-refractivity contribution < 1.29 is 28.4 Å². The van der Waals surface area contributed by atoms with Crippen molar-refractivity contribution in [1.29, 1.82) is 0 Å². The van der Waals surface area contributed by atoms with E-state index in [-0.39, 0.29) is 6.10 Å². The van der Waals surface area contributed by atoms with Crippen molar-refractivity contribution in [3.05, 3.63) is 0 Å². The second kappa shape index (κ2) is 20.0. The zero-order valence-corrected chi connectivity index (χ0v) is 16.6. The zero-order valence-electron chi connectivity index (χ0n) is 16.6. The first-order chi connectivity index (χ1) is 12.1. The Morgan fingerprint density at radius 3 is 1.24 bits per heavy atom. The van der Waals surface area contributed by atoms with Gasteiger partial charge in [-0.1, -0.05) is 13.8 Å². The fourth-order valence-corrected chi connectivity index (χ4v) is 1.74.